The van der Waals surface area contributed by atoms with E-state index in [0.717, 1.165) is 23.4 Å². The first kappa shape index (κ1) is 13.9. The van der Waals surface area contributed by atoms with Gasteiger partial charge in [0, 0.05) is 30.2 Å². The van der Waals surface area contributed by atoms with Crippen molar-refractivity contribution in [2.75, 3.05) is 5.73 Å². The van der Waals surface area contributed by atoms with E-state index < -0.39 is 17.5 Å². The van der Waals surface area contributed by atoms with Crippen LogP contribution >= 0.6 is 0 Å². The number of aromatic nitrogens is 1. The van der Waals surface area contributed by atoms with Gasteiger partial charge in [0.1, 0.15) is 0 Å². The number of carbonyl (C=O) groups is 1. The molecule has 0 spiro atoms. The summed E-state index contributed by atoms with van der Waals surface area (Å²) in [5.41, 5.74) is 6.96. The molecule has 20 heavy (non-hydrogen) atoms. The molecule has 0 aliphatic heterocycles. The number of nitrogens with one attached hydrogen (secondary N) is 1. The van der Waals surface area contributed by atoms with E-state index in [9.17, 15) is 13.6 Å². The number of nitrogen functional groups attached to an aromatic ring is 1. The lowest BCUT2D eigenvalue weighted by Gasteiger charge is -2.08. The zero-order chi connectivity index (χ0) is 14.7. The summed E-state index contributed by atoms with van der Waals surface area (Å²) in [6.07, 6.45) is 1.63. The largest absolute Gasteiger partial charge is 0.398 e. The second-order valence-electron chi connectivity index (χ2n) is 4.34. The number of rotatable bonds is 3. The van der Waals surface area contributed by atoms with E-state index in [1.54, 1.807) is 6.20 Å². The molecule has 0 atom stereocenters. The number of nitrogens with zero attached hydrogens (tertiary/aromatic N) is 1. The lowest BCUT2D eigenvalue weighted by molar-refractivity contribution is 0.0951. The molecule has 1 amide bonds. The summed E-state index contributed by atoms with van der Waals surface area (Å²) < 4.78 is 26.0. The molecule has 0 fully saturated rings. The van der Waals surface area contributed by atoms with Crippen LogP contribution in [0.3, 0.4) is 0 Å². The summed E-state index contributed by atoms with van der Waals surface area (Å²) in [4.78, 5) is 16.0. The number of nitrogens with two attached hydrogens (primary N) is 1. The van der Waals surface area contributed by atoms with Crippen LogP contribution in [0.4, 0.5) is 14.5 Å². The van der Waals surface area contributed by atoms with Crippen molar-refractivity contribution < 1.29 is 13.6 Å². The van der Waals surface area contributed by atoms with Gasteiger partial charge in [-0.05, 0) is 24.6 Å². The van der Waals surface area contributed by atoms with Crippen molar-refractivity contribution in [1.29, 1.82) is 0 Å². The third-order valence-electron chi connectivity index (χ3n) is 2.76. The Balaban J connectivity index is 2.09. The standard InChI is InChI=1S/C14H13F2N3O/c1-8-2-3-9(6-18-8)7-19-14(20)10-4-11(15)12(16)5-13(10)17/h2-6H,7,17H2,1H3,(H,19,20). The summed E-state index contributed by atoms with van der Waals surface area (Å²) in [7, 11) is 0. The molecule has 0 saturated heterocycles. The van der Waals surface area contributed by atoms with Crippen LogP contribution < -0.4 is 11.1 Å². The number of benzene rings is 1. The highest BCUT2D eigenvalue weighted by Crippen LogP contribution is 2.17. The van der Waals surface area contributed by atoms with E-state index in [4.69, 9.17) is 5.73 Å². The Morgan fingerprint density at radius 3 is 2.65 bits per heavy atom. The summed E-state index contributed by atoms with van der Waals surface area (Å²) in [5.74, 6) is -2.76. The Hall–Kier alpha value is -2.50. The van der Waals surface area contributed by atoms with Crippen LogP contribution in [0.2, 0.25) is 0 Å². The van der Waals surface area contributed by atoms with Gasteiger partial charge in [0.05, 0.1) is 5.56 Å². The van der Waals surface area contributed by atoms with E-state index in [2.05, 4.69) is 10.3 Å². The molecular weight excluding hydrogens is 264 g/mol. The number of amides is 1. The second kappa shape index (κ2) is 5.64. The quantitative estimate of drug-likeness (QED) is 0.845. The normalized spacial score (nSPS) is 10.3. The number of pyridine rings is 1. The smallest absolute Gasteiger partial charge is 0.253 e. The first-order chi connectivity index (χ1) is 9.47. The molecule has 2 rings (SSSR count). The fourth-order valence-electron chi connectivity index (χ4n) is 1.64. The molecule has 0 aliphatic rings. The number of aryl methyl sites for hydroxylation is 1. The highest BCUT2D eigenvalue weighted by atomic mass is 19.2. The van der Waals surface area contributed by atoms with Crippen molar-refractivity contribution in [2.24, 2.45) is 0 Å². The predicted octanol–water partition coefficient (Wildman–Crippen LogP) is 2.18. The Bertz CT molecular complexity index is 642. The molecule has 1 heterocycles. The monoisotopic (exact) mass is 277 g/mol. The van der Waals surface area contributed by atoms with Crippen molar-refractivity contribution in [1.82, 2.24) is 10.3 Å². The topological polar surface area (TPSA) is 68.0 Å². The molecule has 3 N–H and O–H groups in total. The molecule has 0 aliphatic carbocycles. The summed E-state index contributed by atoms with van der Waals surface area (Å²) >= 11 is 0. The molecule has 0 radical (unpaired) electrons. The van der Waals surface area contributed by atoms with Crippen molar-refractivity contribution in [3.63, 3.8) is 0 Å². The van der Waals surface area contributed by atoms with E-state index >= 15 is 0 Å². The summed E-state index contributed by atoms with van der Waals surface area (Å²) in [6, 6.07) is 5.20. The third kappa shape index (κ3) is 3.09. The minimum Gasteiger partial charge on any atom is -0.398 e. The lowest BCUT2D eigenvalue weighted by atomic mass is 10.1. The molecule has 1 aromatic heterocycles. The minimum absolute atomic E-state index is 0.0935. The van der Waals surface area contributed by atoms with Crippen LogP contribution in [0.25, 0.3) is 0 Å². The van der Waals surface area contributed by atoms with Crippen molar-refractivity contribution in [3.8, 4) is 0 Å². The van der Waals surface area contributed by atoms with Gasteiger partial charge in [-0.2, -0.15) is 0 Å². The highest BCUT2D eigenvalue weighted by molar-refractivity contribution is 5.99. The number of hydrogen-bond donors (Lipinski definition) is 2. The fourth-order valence-corrected chi connectivity index (χ4v) is 1.64. The number of halogens is 2. The maximum atomic E-state index is 13.1. The zero-order valence-corrected chi connectivity index (χ0v) is 10.8. The van der Waals surface area contributed by atoms with E-state index in [0.29, 0.717) is 0 Å². The average Bonchev–Trinajstić information content (AvgIpc) is 2.42. The maximum Gasteiger partial charge on any atom is 0.253 e. The van der Waals surface area contributed by atoms with Gasteiger partial charge in [-0.25, -0.2) is 8.78 Å². The van der Waals surface area contributed by atoms with Crippen molar-refractivity contribution in [2.45, 2.75) is 13.5 Å². The van der Waals surface area contributed by atoms with Gasteiger partial charge in [-0.15, -0.1) is 0 Å². The zero-order valence-electron chi connectivity index (χ0n) is 10.8. The Morgan fingerprint density at radius 1 is 1.30 bits per heavy atom. The van der Waals surface area contributed by atoms with Gasteiger partial charge < -0.3 is 11.1 Å². The number of anilines is 1. The van der Waals surface area contributed by atoms with Gasteiger partial charge in [-0.3, -0.25) is 9.78 Å². The highest BCUT2D eigenvalue weighted by Gasteiger charge is 2.14. The number of carbonyl (C=O) groups excluding carboxylic acids is 1. The van der Waals surface area contributed by atoms with Gasteiger partial charge in [0.25, 0.3) is 5.91 Å². The SMILES string of the molecule is Cc1ccc(CNC(=O)c2cc(F)c(F)cc2N)cn1. The fraction of sp³-hybridized carbons (Fsp3) is 0.143. The summed E-state index contributed by atoms with van der Waals surface area (Å²) in [6.45, 7) is 2.08. The molecule has 2 aromatic rings. The second-order valence-corrected chi connectivity index (χ2v) is 4.34. The van der Waals surface area contributed by atoms with Gasteiger partial charge in [0.2, 0.25) is 0 Å². The Morgan fingerprint density at radius 2 is 2.00 bits per heavy atom. The molecule has 104 valence electrons. The van der Waals surface area contributed by atoms with Crippen LogP contribution in [0.15, 0.2) is 30.5 Å². The van der Waals surface area contributed by atoms with Crippen LogP contribution in [0.1, 0.15) is 21.6 Å². The van der Waals surface area contributed by atoms with E-state index in [1.165, 1.54) is 0 Å². The number of hydrogen-bond acceptors (Lipinski definition) is 3. The predicted molar refractivity (Wildman–Crippen MR) is 70.9 cm³/mol. The molecule has 1 aromatic carbocycles. The molecule has 0 unspecified atom stereocenters. The Labute approximate surface area is 114 Å². The van der Waals surface area contributed by atoms with Crippen molar-refractivity contribution >= 4 is 11.6 Å². The first-order valence-electron chi connectivity index (χ1n) is 5.91. The van der Waals surface area contributed by atoms with Gasteiger partial charge >= 0.3 is 0 Å². The lowest BCUT2D eigenvalue weighted by Crippen LogP contribution is -2.24. The minimum atomic E-state index is -1.11. The maximum absolute atomic E-state index is 13.1. The average molecular weight is 277 g/mol. The molecule has 6 heteroatoms. The van der Waals surface area contributed by atoms with Crippen LogP contribution in [-0.2, 0) is 6.54 Å². The van der Waals surface area contributed by atoms with Gasteiger partial charge in [-0.1, -0.05) is 6.07 Å². The van der Waals surface area contributed by atoms with Gasteiger partial charge in [0.15, 0.2) is 11.6 Å². The van der Waals surface area contributed by atoms with E-state index in [1.807, 2.05) is 19.1 Å². The first-order valence-corrected chi connectivity index (χ1v) is 5.91. The third-order valence-corrected chi connectivity index (χ3v) is 2.76. The van der Waals surface area contributed by atoms with Crippen molar-refractivity contribution in [3.05, 3.63) is 58.9 Å². The molecule has 0 saturated carbocycles. The molecule has 0 bridgehead atoms. The van der Waals surface area contributed by atoms with Crippen LogP contribution in [0.5, 0.6) is 0 Å². The molecule has 4 nitrogen and oxygen atoms in total. The van der Waals surface area contributed by atoms with Crippen LogP contribution in [-0.4, -0.2) is 10.9 Å². The van der Waals surface area contributed by atoms with E-state index in [-0.39, 0.29) is 17.8 Å². The molecular formula is C14H13F2N3O. The summed E-state index contributed by atoms with van der Waals surface area (Å²) in [5, 5.41) is 2.57. The van der Waals surface area contributed by atoms with Crippen LogP contribution in [0, 0.1) is 18.6 Å². The Kier molecular flexibility index (Phi) is 3.93.